The SMILES string of the molecule is Cc1nccn1CC(C)CNCc1ccc2c(c1)CCO2. The molecule has 4 nitrogen and oxygen atoms in total. The van der Waals surface area contributed by atoms with Crippen molar-refractivity contribution in [3.8, 4) is 5.75 Å². The molecule has 0 radical (unpaired) electrons. The molecule has 1 aromatic heterocycles. The van der Waals surface area contributed by atoms with Gasteiger partial charge in [-0.05, 0) is 36.6 Å². The van der Waals surface area contributed by atoms with Gasteiger partial charge in [-0.15, -0.1) is 0 Å². The number of imidazole rings is 1. The second-order valence-corrected chi connectivity index (χ2v) is 5.90. The molecular formula is C17H23N3O. The van der Waals surface area contributed by atoms with Gasteiger partial charge in [-0.2, -0.15) is 0 Å². The first-order valence-electron chi connectivity index (χ1n) is 7.65. The Labute approximate surface area is 126 Å². The summed E-state index contributed by atoms with van der Waals surface area (Å²) in [5.41, 5.74) is 2.68. The molecule has 2 heterocycles. The summed E-state index contributed by atoms with van der Waals surface area (Å²) < 4.78 is 7.74. The predicted octanol–water partition coefficient (Wildman–Crippen LogP) is 2.55. The number of hydrogen-bond acceptors (Lipinski definition) is 3. The van der Waals surface area contributed by atoms with Crippen LogP contribution in [-0.2, 0) is 19.5 Å². The lowest BCUT2D eigenvalue weighted by molar-refractivity contribution is 0.357. The minimum atomic E-state index is 0.579. The number of fused-ring (bicyclic) bond motifs is 1. The van der Waals surface area contributed by atoms with Crippen LogP contribution in [0.1, 0.15) is 23.9 Å². The van der Waals surface area contributed by atoms with Crippen LogP contribution in [0.5, 0.6) is 5.75 Å². The number of nitrogens with zero attached hydrogens (tertiary/aromatic N) is 2. The van der Waals surface area contributed by atoms with Crippen LogP contribution in [0.2, 0.25) is 0 Å². The standard InChI is InChI=1S/C17H23N3O/c1-13(12-20-7-6-19-14(20)2)10-18-11-15-3-4-17-16(9-15)5-8-21-17/h3-4,6-7,9,13,18H,5,8,10-12H2,1-2H3. The zero-order valence-corrected chi connectivity index (χ0v) is 12.8. The Kier molecular flexibility index (Phi) is 4.25. The summed E-state index contributed by atoms with van der Waals surface area (Å²) in [6, 6.07) is 6.51. The molecule has 112 valence electrons. The maximum absolute atomic E-state index is 5.54. The summed E-state index contributed by atoms with van der Waals surface area (Å²) in [5.74, 6) is 2.72. The van der Waals surface area contributed by atoms with Crippen LogP contribution in [0.25, 0.3) is 0 Å². The maximum Gasteiger partial charge on any atom is 0.122 e. The highest BCUT2D eigenvalue weighted by molar-refractivity contribution is 5.39. The van der Waals surface area contributed by atoms with Crippen LogP contribution >= 0.6 is 0 Å². The van der Waals surface area contributed by atoms with Gasteiger partial charge >= 0.3 is 0 Å². The monoisotopic (exact) mass is 285 g/mol. The van der Waals surface area contributed by atoms with E-state index in [1.165, 1.54) is 11.1 Å². The van der Waals surface area contributed by atoms with Gasteiger partial charge in [0.05, 0.1) is 6.61 Å². The molecule has 0 bridgehead atoms. The number of ether oxygens (including phenoxy) is 1. The second-order valence-electron chi connectivity index (χ2n) is 5.90. The highest BCUT2D eigenvalue weighted by Crippen LogP contribution is 2.25. The molecule has 1 N–H and O–H groups in total. The van der Waals surface area contributed by atoms with Crippen molar-refractivity contribution in [3.05, 3.63) is 47.5 Å². The van der Waals surface area contributed by atoms with E-state index in [0.717, 1.165) is 44.2 Å². The van der Waals surface area contributed by atoms with E-state index in [9.17, 15) is 0 Å². The fraction of sp³-hybridized carbons (Fsp3) is 0.471. The molecule has 4 heteroatoms. The fourth-order valence-corrected chi connectivity index (χ4v) is 2.81. The number of rotatable bonds is 6. The average molecular weight is 285 g/mol. The molecule has 1 aromatic carbocycles. The first-order valence-corrected chi connectivity index (χ1v) is 7.65. The number of benzene rings is 1. The van der Waals surface area contributed by atoms with Crippen LogP contribution in [-0.4, -0.2) is 22.7 Å². The molecule has 0 fully saturated rings. The number of aryl methyl sites for hydroxylation is 1. The van der Waals surface area contributed by atoms with Gasteiger partial charge < -0.3 is 14.6 Å². The Balaban J connectivity index is 1.46. The highest BCUT2D eigenvalue weighted by Gasteiger charge is 2.12. The number of hydrogen-bond donors (Lipinski definition) is 1. The van der Waals surface area contributed by atoms with Crippen molar-refractivity contribution in [3.63, 3.8) is 0 Å². The third kappa shape index (κ3) is 3.45. The zero-order valence-electron chi connectivity index (χ0n) is 12.8. The third-order valence-electron chi connectivity index (χ3n) is 4.01. The van der Waals surface area contributed by atoms with E-state index in [1.807, 2.05) is 19.3 Å². The zero-order chi connectivity index (χ0) is 14.7. The van der Waals surface area contributed by atoms with Crippen molar-refractivity contribution >= 4 is 0 Å². The van der Waals surface area contributed by atoms with Crippen molar-refractivity contribution < 1.29 is 4.74 Å². The quantitative estimate of drug-likeness (QED) is 0.886. The molecule has 3 rings (SSSR count). The van der Waals surface area contributed by atoms with E-state index in [1.54, 1.807) is 0 Å². The predicted molar refractivity (Wildman–Crippen MR) is 83.5 cm³/mol. The van der Waals surface area contributed by atoms with Gasteiger partial charge in [0.1, 0.15) is 11.6 Å². The van der Waals surface area contributed by atoms with Gasteiger partial charge in [0.2, 0.25) is 0 Å². The van der Waals surface area contributed by atoms with Crippen molar-refractivity contribution in [2.24, 2.45) is 5.92 Å². The molecule has 0 amide bonds. The lowest BCUT2D eigenvalue weighted by Gasteiger charge is -2.14. The van der Waals surface area contributed by atoms with Crippen LogP contribution < -0.4 is 10.1 Å². The molecule has 1 aliphatic heterocycles. The van der Waals surface area contributed by atoms with Crippen molar-refractivity contribution in [1.29, 1.82) is 0 Å². The molecular weight excluding hydrogens is 262 g/mol. The topological polar surface area (TPSA) is 39.1 Å². The molecule has 1 unspecified atom stereocenters. The summed E-state index contributed by atoms with van der Waals surface area (Å²) in [5, 5.41) is 3.55. The average Bonchev–Trinajstić information content (AvgIpc) is 3.08. The van der Waals surface area contributed by atoms with Crippen molar-refractivity contribution in [1.82, 2.24) is 14.9 Å². The van der Waals surface area contributed by atoms with Gasteiger partial charge in [0.25, 0.3) is 0 Å². The van der Waals surface area contributed by atoms with Gasteiger partial charge in [-0.25, -0.2) is 4.98 Å². The Morgan fingerprint density at radius 1 is 1.43 bits per heavy atom. The number of nitrogens with one attached hydrogen (secondary N) is 1. The van der Waals surface area contributed by atoms with E-state index < -0.39 is 0 Å². The summed E-state index contributed by atoms with van der Waals surface area (Å²) in [6.45, 7) is 8.08. The van der Waals surface area contributed by atoms with Gasteiger partial charge in [0, 0.05) is 31.9 Å². The van der Waals surface area contributed by atoms with Gasteiger partial charge in [-0.3, -0.25) is 0 Å². The van der Waals surface area contributed by atoms with Crippen molar-refractivity contribution in [2.45, 2.75) is 33.4 Å². The van der Waals surface area contributed by atoms with Crippen LogP contribution in [0.15, 0.2) is 30.6 Å². The Morgan fingerprint density at radius 3 is 3.14 bits per heavy atom. The van der Waals surface area contributed by atoms with E-state index in [4.69, 9.17) is 4.74 Å². The molecule has 0 saturated heterocycles. The van der Waals surface area contributed by atoms with E-state index in [0.29, 0.717) is 5.92 Å². The molecule has 0 aliphatic carbocycles. The number of aromatic nitrogens is 2. The maximum atomic E-state index is 5.54. The Bertz CT molecular complexity index is 606. The minimum absolute atomic E-state index is 0.579. The second kappa shape index (κ2) is 6.31. The lowest BCUT2D eigenvalue weighted by Crippen LogP contribution is -2.24. The van der Waals surface area contributed by atoms with Gasteiger partial charge in [0.15, 0.2) is 0 Å². The summed E-state index contributed by atoms with van der Waals surface area (Å²) in [7, 11) is 0. The minimum Gasteiger partial charge on any atom is -0.493 e. The smallest absolute Gasteiger partial charge is 0.122 e. The molecule has 0 spiro atoms. The fourth-order valence-electron chi connectivity index (χ4n) is 2.81. The van der Waals surface area contributed by atoms with Crippen LogP contribution in [0.3, 0.4) is 0 Å². The molecule has 0 saturated carbocycles. The highest BCUT2D eigenvalue weighted by atomic mass is 16.5. The normalized spacial score (nSPS) is 14.8. The molecule has 1 aliphatic rings. The van der Waals surface area contributed by atoms with E-state index in [-0.39, 0.29) is 0 Å². The van der Waals surface area contributed by atoms with E-state index in [2.05, 4.69) is 40.0 Å². The molecule has 21 heavy (non-hydrogen) atoms. The Hall–Kier alpha value is -1.81. The first-order chi connectivity index (χ1) is 10.2. The van der Waals surface area contributed by atoms with Crippen LogP contribution in [0.4, 0.5) is 0 Å². The summed E-state index contributed by atoms with van der Waals surface area (Å²) >= 11 is 0. The van der Waals surface area contributed by atoms with E-state index >= 15 is 0 Å². The molecule has 2 aromatic rings. The lowest BCUT2D eigenvalue weighted by atomic mass is 10.1. The van der Waals surface area contributed by atoms with Crippen LogP contribution in [0, 0.1) is 12.8 Å². The summed E-state index contributed by atoms with van der Waals surface area (Å²) in [4.78, 5) is 4.26. The van der Waals surface area contributed by atoms with Gasteiger partial charge in [-0.1, -0.05) is 19.1 Å². The summed E-state index contributed by atoms with van der Waals surface area (Å²) in [6.07, 6.45) is 4.95. The molecule has 1 atom stereocenters. The Morgan fingerprint density at radius 2 is 2.33 bits per heavy atom. The first kappa shape index (κ1) is 14.1. The third-order valence-corrected chi connectivity index (χ3v) is 4.01. The van der Waals surface area contributed by atoms with Crippen molar-refractivity contribution in [2.75, 3.05) is 13.2 Å². The largest absolute Gasteiger partial charge is 0.493 e.